The van der Waals surface area contributed by atoms with Crippen LogP contribution >= 0.6 is 0 Å². The van der Waals surface area contributed by atoms with Crippen LogP contribution in [0, 0.1) is 0 Å². The average Bonchev–Trinajstić information content (AvgIpc) is 2.50. The minimum absolute atomic E-state index is 0.249. The second kappa shape index (κ2) is 9.83. The van der Waals surface area contributed by atoms with E-state index >= 15 is 0 Å². The smallest absolute Gasteiger partial charge is 0.119 e. The summed E-state index contributed by atoms with van der Waals surface area (Å²) in [6.07, 6.45) is 6.40. The summed E-state index contributed by atoms with van der Waals surface area (Å²) in [6.45, 7) is 11.8. The van der Waals surface area contributed by atoms with Crippen molar-refractivity contribution in [2.24, 2.45) is 0 Å². The normalized spacial score (nSPS) is 11.6. The fraction of sp³-hybridized carbons (Fsp3) is 0.684. The molecule has 1 aromatic rings. The quantitative estimate of drug-likeness (QED) is 0.584. The molecule has 0 spiro atoms. The van der Waals surface area contributed by atoms with Crippen molar-refractivity contribution in [2.45, 2.75) is 65.2 Å². The Morgan fingerprint density at radius 2 is 1.67 bits per heavy atom. The lowest BCUT2D eigenvalue weighted by atomic mass is 9.82. The van der Waals surface area contributed by atoms with Gasteiger partial charge in [0, 0.05) is 6.54 Å². The van der Waals surface area contributed by atoms with Crippen molar-refractivity contribution in [1.82, 2.24) is 5.32 Å². The van der Waals surface area contributed by atoms with Crippen molar-refractivity contribution in [1.29, 1.82) is 0 Å². The molecule has 0 radical (unpaired) electrons. The number of ether oxygens (including phenoxy) is 1. The fourth-order valence-corrected chi connectivity index (χ4v) is 2.25. The Morgan fingerprint density at radius 3 is 2.29 bits per heavy atom. The minimum atomic E-state index is 0.249. The zero-order valence-corrected chi connectivity index (χ0v) is 14.4. The van der Waals surface area contributed by atoms with Gasteiger partial charge < -0.3 is 10.1 Å². The minimum Gasteiger partial charge on any atom is -0.492 e. The Bertz CT molecular complexity index is 370. The zero-order valence-electron chi connectivity index (χ0n) is 14.4. The van der Waals surface area contributed by atoms with Crippen LogP contribution in [-0.4, -0.2) is 19.7 Å². The van der Waals surface area contributed by atoms with Crippen molar-refractivity contribution in [3.8, 4) is 5.75 Å². The Hall–Kier alpha value is -1.02. The fourth-order valence-electron chi connectivity index (χ4n) is 2.25. The van der Waals surface area contributed by atoms with E-state index in [2.05, 4.69) is 57.3 Å². The molecule has 21 heavy (non-hydrogen) atoms. The number of hydrogen-bond donors (Lipinski definition) is 1. The Kier molecular flexibility index (Phi) is 8.44. The summed E-state index contributed by atoms with van der Waals surface area (Å²) in [5.41, 5.74) is 1.63. The summed E-state index contributed by atoms with van der Waals surface area (Å²) < 4.78 is 5.77. The lowest BCUT2D eigenvalue weighted by molar-refractivity contribution is 0.313. The average molecular weight is 291 g/mol. The van der Waals surface area contributed by atoms with Gasteiger partial charge >= 0.3 is 0 Å². The van der Waals surface area contributed by atoms with E-state index in [-0.39, 0.29) is 5.41 Å². The van der Waals surface area contributed by atoms with E-state index in [9.17, 15) is 0 Å². The van der Waals surface area contributed by atoms with Gasteiger partial charge in [0.05, 0.1) is 0 Å². The molecule has 0 fully saturated rings. The highest BCUT2D eigenvalue weighted by atomic mass is 16.5. The van der Waals surface area contributed by atoms with Gasteiger partial charge in [-0.25, -0.2) is 0 Å². The maximum atomic E-state index is 5.77. The topological polar surface area (TPSA) is 21.3 Å². The molecule has 0 amide bonds. The van der Waals surface area contributed by atoms with Crippen molar-refractivity contribution in [3.05, 3.63) is 29.8 Å². The molecule has 0 aliphatic rings. The molecule has 0 aromatic heterocycles. The third-order valence-electron chi connectivity index (χ3n) is 4.27. The molecule has 2 heteroatoms. The van der Waals surface area contributed by atoms with Crippen LogP contribution in [0.5, 0.6) is 5.75 Å². The van der Waals surface area contributed by atoms with Crippen LogP contribution in [-0.2, 0) is 5.41 Å². The van der Waals surface area contributed by atoms with E-state index in [1.165, 1.54) is 31.2 Å². The molecular formula is C19H33NO. The lowest BCUT2D eigenvalue weighted by Gasteiger charge is -2.23. The maximum absolute atomic E-state index is 5.77. The van der Waals surface area contributed by atoms with Crippen LogP contribution in [0.25, 0.3) is 0 Å². The van der Waals surface area contributed by atoms with Crippen LogP contribution in [0.4, 0.5) is 0 Å². The van der Waals surface area contributed by atoms with Gasteiger partial charge in [-0.1, -0.05) is 59.1 Å². The number of unbranched alkanes of at least 4 members (excludes halogenated alkanes) is 3. The summed E-state index contributed by atoms with van der Waals surface area (Å²) in [4.78, 5) is 0. The molecule has 0 saturated heterocycles. The highest BCUT2D eigenvalue weighted by Gasteiger charge is 2.17. The molecule has 1 aromatic carbocycles. The third kappa shape index (κ3) is 6.99. The summed E-state index contributed by atoms with van der Waals surface area (Å²) in [6, 6.07) is 8.57. The van der Waals surface area contributed by atoms with Crippen LogP contribution < -0.4 is 10.1 Å². The number of rotatable bonds is 11. The Balaban J connectivity index is 2.18. The lowest BCUT2D eigenvalue weighted by Crippen LogP contribution is -2.22. The van der Waals surface area contributed by atoms with E-state index in [0.29, 0.717) is 0 Å². The largest absolute Gasteiger partial charge is 0.492 e. The zero-order chi connectivity index (χ0) is 15.6. The summed E-state index contributed by atoms with van der Waals surface area (Å²) in [7, 11) is 0. The molecule has 2 nitrogen and oxygen atoms in total. The van der Waals surface area contributed by atoms with Gasteiger partial charge in [-0.2, -0.15) is 0 Å². The molecule has 0 unspecified atom stereocenters. The second-order valence-corrected chi connectivity index (χ2v) is 6.42. The molecule has 0 heterocycles. The molecule has 120 valence electrons. The van der Waals surface area contributed by atoms with Gasteiger partial charge in [0.25, 0.3) is 0 Å². The molecular weight excluding hydrogens is 258 g/mol. The van der Waals surface area contributed by atoms with Crippen molar-refractivity contribution < 1.29 is 4.74 Å². The number of nitrogens with one attached hydrogen (secondary N) is 1. The second-order valence-electron chi connectivity index (χ2n) is 6.42. The maximum Gasteiger partial charge on any atom is 0.119 e. The van der Waals surface area contributed by atoms with Crippen LogP contribution in [0.1, 0.15) is 65.4 Å². The Morgan fingerprint density at radius 1 is 0.952 bits per heavy atom. The molecule has 0 saturated carbocycles. The predicted molar refractivity (Wildman–Crippen MR) is 92.3 cm³/mol. The molecule has 1 rings (SSSR count). The van der Waals surface area contributed by atoms with Crippen LogP contribution in [0.2, 0.25) is 0 Å². The molecule has 0 aliphatic heterocycles. The molecule has 0 atom stereocenters. The SMILES string of the molecule is CCCCCCNCCOc1ccc(C(C)(C)CC)cc1. The van der Waals surface area contributed by atoms with E-state index < -0.39 is 0 Å². The van der Waals surface area contributed by atoms with E-state index in [0.717, 1.165) is 31.9 Å². The first-order chi connectivity index (χ1) is 10.1. The first-order valence-corrected chi connectivity index (χ1v) is 8.54. The van der Waals surface area contributed by atoms with E-state index in [1.54, 1.807) is 0 Å². The number of benzene rings is 1. The highest BCUT2D eigenvalue weighted by Crippen LogP contribution is 2.27. The first-order valence-electron chi connectivity index (χ1n) is 8.54. The van der Waals surface area contributed by atoms with Crippen LogP contribution in [0.15, 0.2) is 24.3 Å². The highest BCUT2D eigenvalue weighted by molar-refractivity contribution is 5.31. The molecule has 0 aliphatic carbocycles. The van der Waals surface area contributed by atoms with Crippen molar-refractivity contribution in [3.63, 3.8) is 0 Å². The predicted octanol–water partition coefficient (Wildman–Crippen LogP) is 4.92. The van der Waals surface area contributed by atoms with Gasteiger partial charge in [-0.15, -0.1) is 0 Å². The van der Waals surface area contributed by atoms with Crippen molar-refractivity contribution >= 4 is 0 Å². The molecule has 1 N–H and O–H groups in total. The van der Waals surface area contributed by atoms with E-state index in [1.807, 2.05) is 0 Å². The van der Waals surface area contributed by atoms with Crippen LogP contribution in [0.3, 0.4) is 0 Å². The first kappa shape index (κ1) is 18.0. The van der Waals surface area contributed by atoms with Gasteiger partial charge in [-0.05, 0) is 42.5 Å². The number of hydrogen-bond acceptors (Lipinski definition) is 2. The van der Waals surface area contributed by atoms with Gasteiger partial charge in [0.1, 0.15) is 12.4 Å². The molecule has 0 bridgehead atoms. The van der Waals surface area contributed by atoms with Gasteiger partial charge in [0.2, 0.25) is 0 Å². The van der Waals surface area contributed by atoms with Crippen molar-refractivity contribution in [2.75, 3.05) is 19.7 Å². The van der Waals surface area contributed by atoms with E-state index in [4.69, 9.17) is 4.74 Å². The summed E-state index contributed by atoms with van der Waals surface area (Å²) in [5.74, 6) is 0.971. The standard InChI is InChI=1S/C19H33NO/c1-5-7-8-9-14-20-15-16-21-18-12-10-17(11-13-18)19(3,4)6-2/h10-13,20H,5-9,14-16H2,1-4H3. The van der Waals surface area contributed by atoms with Gasteiger partial charge in [0.15, 0.2) is 0 Å². The Labute approximate surface area is 131 Å². The van der Waals surface area contributed by atoms with Gasteiger partial charge in [-0.3, -0.25) is 0 Å². The monoisotopic (exact) mass is 291 g/mol. The summed E-state index contributed by atoms with van der Waals surface area (Å²) >= 11 is 0. The third-order valence-corrected chi connectivity index (χ3v) is 4.27. The summed E-state index contributed by atoms with van der Waals surface area (Å²) in [5, 5.41) is 3.43.